The number of aliphatic hydroxyl groups excluding tert-OH is 1. The summed E-state index contributed by atoms with van der Waals surface area (Å²) in [6.45, 7) is 12.3. The highest BCUT2D eigenvalue weighted by molar-refractivity contribution is 5.98. The van der Waals surface area contributed by atoms with Gasteiger partial charge in [-0.25, -0.2) is 9.59 Å². The molecule has 0 radical (unpaired) electrons. The van der Waals surface area contributed by atoms with Gasteiger partial charge >= 0.3 is 23.9 Å². The van der Waals surface area contributed by atoms with Crippen molar-refractivity contribution < 1.29 is 58.2 Å². The van der Waals surface area contributed by atoms with Gasteiger partial charge in [-0.05, 0) is 43.5 Å². The predicted molar refractivity (Wildman–Crippen MR) is 176 cm³/mol. The topological polar surface area (TPSA) is 183 Å². The zero-order valence-corrected chi connectivity index (χ0v) is 28.9. The zero-order chi connectivity index (χ0) is 37.0. The van der Waals surface area contributed by atoms with Crippen molar-refractivity contribution >= 4 is 29.7 Å². The molecule has 2 aromatic rings. The number of aliphatic hydroxyl groups is 3. The molecule has 0 bridgehead atoms. The molecule has 0 spiro atoms. The Morgan fingerprint density at radius 2 is 1.26 bits per heavy atom. The maximum Gasteiger partial charge on any atom is 0.338 e. The van der Waals surface area contributed by atoms with E-state index >= 15 is 0 Å². The average molecular weight is 693 g/mol. The molecule has 3 aliphatic carbocycles. The van der Waals surface area contributed by atoms with Crippen molar-refractivity contribution in [2.75, 3.05) is 0 Å². The van der Waals surface area contributed by atoms with E-state index in [0.717, 1.165) is 13.8 Å². The van der Waals surface area contributed by atoms with Crippen LogP contribution in [0.15, 0.2) is 73.3 Å². The second kappa shape index (κ2) is 13.1. The van der Waals surface area contributed by atoms with Gasteiger partial charge < -0.3 is 34.3 Å². The van der Waals surface area contributed by atoms with E-state index in [1.54, 1.807) is 57.2 Å². The van der Waals surface area contributed by atoms with Crippen LogP contribution in [-0.2, 0) is 33.3 Å². The average Bonchev–Trinajstić information content (AvgIpc) is 3.05. The molecule has 268 valence electrons. The van der Waals surface area contributed by atoms with Crippen molar-refractivity contribution in [2.24, 2.45) is 28.6 Å². The number of ether oxygens (including phenoxy) is 4. The van der Waals surface area contributed by atoms with Crippen LogP contribution in [0.1, 0.15) is 68.7 Å². The number of carbonyl (C=O) groups is 5. The summed E-state index contributed by atoms with van der Waals surface area (Å²) < 4.78 is 24.1. The molecule has 3 N–H and O–H groups in total. The number of carbonyl (C=O) groups excluding carboxylic acids is 5. The minimum Gasteiger partial charge on any atom is -0.458 e. The van der Waals surface area contributed by atoms with Crippen molar-refractivity contribution in [1.82, 2.24) is 0 Å². The van der Waals surface area contributed by atoms with E-state index in [4.69, 9.17) is 18.9 Å². The highest BCUT2D eigenvalue weighted by atomic mass is 16.6. The van der Waals surface area contributed by atoms with Crippen molar-refractivity contribution in [3.05, 3.63) is 84.4 Å². The lowest BCUT2D eigenvalue weighted by Crippen LogP contribution is -2.83. The summed E-state index contributed by atoms with van der Waals surface area (Å²) in [6.07, 6.45) is -6.84. The molecule has 3 aliphatic rings. The number of fused-ring (bicyclic) bond motifs is 3. The first kappa shape index (κ1) is 36.9. The fraction of sp³-hybridized carbons (Fsp3) is 0.500. The Bertz CT molecular complexity index is 1670. The van der Waals surface area contributed by atoms with Gasteiger partial charge in [-0.15, -0.1) is 6.58 Å². The minimum atomic E-state index is -2.79. The minimum absolute atomic E-state index is 0.118. The Labute approximate surface area is 290 Å². The van der Waals surface area contributed by atoms with E-state index in [9.17, 15) is 39.3 Å². The van der Waals surface area contributed by atoms with Crippen molar-refractivity contribution in [1.29, 1.82) is 0 Å². The lowest BCUT2D eigenvalue weighted by molar-refractivity contribution is -0.320. The molecule has 12 nitrogen and oxygen atoms in total. The standard InChI is InChI=1S/C38H44O12/c1-8-24-27(49-32(42)22-15-11-9-12-16-22)29-36(6)25(19-26(41)38(29,46)34(44)37(24,7)45)35(4,5)30(48-21(3)40)28(47-20(2)39)31(36)50-33(43)23-17-13-10-14-18-23/h8-18,24-31,41,45-46H,1,19H2,2-7H3/t24-,25-,26+,27?,28-,29+,30+,31-,36-,37?,38-/m0/s1. The van der Waals surface area contributed by atoms with Crippen LogP contribution < -0.4 is 0 Å². The Morgan fingerprint density at radius 3 is 1.74 bits per heavy atom. The zero-order valence-electron chi connectivity index (χ0n) is 28.9. The SMILES string of the molecule is C=C[C@H]1C(OC(=O)c2ccccc2)[C@H]2[C@](O)(C(=O)C1(C)O)[C@H](O)C[C@H]1C(C)(C)[C@H](OC(C)=O)[C@H](OC(C)=O)[C@H](OC(=O)c3ccccc3)[C@@]12C. The summed E-state index contributed by atoms with van der Waals surface area (Å²) in [5.74, 6) is -8.26. The summed E-state index contributed by atoms with van der Waals surface area (Å²) in [5, 5.41) is 36.2. The number of Topliss-reactive ketones (excluding diaryl/α,β-unsaturated/α-hetero) is 1. The monoisotopic (exact) mass is 692 g/mol. The van der Waals surface area contributed by atoms with Crippen LogP contribution in [0.4, 0.5) is 0 Å². The molecule has 5 rings (SSSR count). The third-order valence-electron chi connectivity index (χ3n) is 11.2. The summed E-state index contributed by atoms with van der Waals surface area (Å²) in [6, 6.07) is 15.8. The first-order valence-corrected chi connectivity index (χ1v) is 16.5. The summed E-state index contributed by atoms with van der Waals surface area (Å²) in [7, 11) is 0. The summed E-state index contributed by atoms with van der Waals surface area (Å²) in [5.41, 5.74) is -7.86. The first-order chi connectivity index (χ1) is 23.3. The van der Waals surface area contributed by atoms with Crippen LogP contribution >= 0.6 is 0 Å². The molecule has 3 saturated carbocycles. The smallest absolute Gasteiger partial charge is 0.338 e. The van der Waals surface area contributed by atoms with E-state index in [-0.39, 0.29) is 17.5 Å². The Kier molecular flexibility index (Phi) is 9.63. The molecule has 2 aromatic carbocycles. The molecule has 0 aliphatic heterocycles. The second-order valence-corrected chi connectivity index (χ2v) is 14.6. The fourth-order valence-corrected chi connectivity index (χ4v) is 9.09. The van der Waals surface area contributed by atoms with E-state index in [1.807, 2.05) is 0 Å². The molecule has 3 fully saturated rings. The number of hydrogen-bond acceptors (Lipinski definition) is 12. The summed E-state index contributed by atoms with van der Waals surface area (Å²) >= 11 is 0. The molecule has 50 heavy (non-hydrogen) atoms. The lowest BCUT2D eigenvalue weighted by Gasteiger charge is -2.69. The normalized spacial score (nSPS) is 37.3. The van der Waals surface area contributed by atoms with E-state index in [1.165, 1.54) is 37.3 Å². The third kappa shape index (κ3) is 5.72. The largest absolute Gasteiger partial charge is 0.458 e. The Morgan fingerprint density at radius 1 is 0.760 bits per heavy atom. The Balaban J connectivity index is 1.81. The quantitative estimate of drug-likeness (QED) is 0.219. The van der Waals surface area contributed by atoms with Gasteiger partial charge in [-0.1, -0.05) is 63.2 Å². The molecule has 0 heterocycles. The van der Waals surface area contributed by atoms with Gasteiger partial charge in [-0.2, -0.15) is 0 Å². The van der Waals surface area contributed by atoms with E-state index < -0.39 is 100.0 Å². The molecule has 12 heteroatoms. The van der Waals surface area contributed by atoms with Gasteiger partial charge in [0.2, 0.25) is 0 Å². The van der Waals surface area contributed by atoms with Crippen LogP contribution in [-0.4, -0.2) is 86.7 Å². The maximum atomic E-state index is 14.4. The predicted octanol–water partition coefficient (Wildman–Crippen LogP) is 3.21. The van der Waals surface area contributed by atoms with Crippen LogP contribution in [0.25, 0.3) is 0 Å². The molecule has 0 aromatic heterocycles. The van der Waals surface area contributed by atoms with E-state index in [2.05, 4.69) is 6.58 Å². The highest BCUT2D eigenvalue weighted by Crippen LogP contribution is 2.67. The molecule has 0 amide bonds. The highest BCUT2D eigenvalue weighted by Gasteiger charge is 2.79. The first-order valence-electron chi connectivity index (χ1n) is 16.5. The summed E-state index contributed by atoms with van der Waals surface area (Å²) in [4.78, 5) is 67.4. The molecule has 0 saturated heterocycles. The lowest BCUT2D eigenvalue weighted by atomic mass is 9.38. The number of ketones is 1. The number of hydrogen-bond donors (Lipinski definition) is 3. The molecular weight excluding hydrogens is 648 g/mol. The number of esters is 4. The van der Waals surface area contributed by atoms with Gasteiger partial charge in [0.15, 0.2) is 17.5 Å². The molecule has 2 unspecified atom stereocenters. The van der Waals surface area contributed by atoms with Crippen LogP contribution in [0.5, 0.6) is 0 Å². The number of rotatable bonds is 7. The number of benzene rings is 2. The fourth-order valence-electron chi connectivity index (χ4n) is 9.09. The molecule has 11 atom stereocenters. The molecular formula is C38H44O12. The van der Waals surface area contributed by atoms with Crippen LogP contribution in [0.3, 0.4) is 0 Å². The van der Waals surface area contributed by atoms with Crippen LogP contribution in [0.2, 0.25) is 0 Å². The van der Waals surface area contributed by atoms with E-state index in [0.29, 0.717) is 0 Å². The van der Waals surface area contributed by atoms with Gasteiger partial charge in [0, 0.05) is 30.6 Å². The maximum absolute atomic E-state index is 14.4. The van der Waals surface area contributed by atoms with Crippen molar-refractivity contribution in [3.8, 4) is 0 Å². The van der Waals surface area contributed by atoms with Gasteiger partial charge in [0.05, 0.1) is 23.1 Å². The van der Waals surface area contributed by atoms with Crippen LogP contribution in [0, 0.1) is 28.6 Å². The second-order valence-electron chi connectivity index (χ2n) is 14.6. The van der Waals surface area contributed by atoms with Gasteiger partial charge in [-0.3, -0.25) is 14.4 Å². The Hall–Kier alpha value is -4.39. The third-order valence-corrected chi connectivity index (χ3v) is 11.2. The van der Waals surface area contributed by atoms with Crippen molar-refractivity contribution in [2.45, 2.75) is 89.7 Å². The van der Waals surface area contributed by atoms with Crippen molar-refractivity contribution in [3.63, 3.8) is 0 Å². The van der Waals surface area contributed by atoms with Gasteiger partial charge in [0.25, 0.3) is 0 Å². The van der Waals surface area contributed by atoms with Gasteiger partial charge in [0.1, 0.15) is 23.9 Å².